The Bertz CT molecular complexity index is 261. The molecule has 0 bridgehead atoms. The van der Waals surface area contributed by atoms with Gasteiger partial charge in [0.2, 0.25) is 0 Å². The molecule has 0 fully saturated rings. The van der Waals surface area contributed by atoms with E-state index in [9.17, 15) is 0 Å². The number of ether oxygens (including phenoxy) is 1. The van der Waals surface area contributed by atoms with Gasteiger partial charge in [-0.05, 0) is 19.9 Å². The summed E-state index contributed by atoms with van der Waals surface area (Å²) in [5.74, 6) is 0.869. The third-order valence-electron chi connectivity index (χ3n) is 1.63. The van der Waals surface area contributed by atoms with E-state index in [1.807, 2.05) is 26.0 Å². The Morgan fingerprint density at radius 2 is 2.38 bits per heavy atom. The summed E-state index contributed by atoms with van der Waals surface area (Å²) in [5, 5.41) is 0. The van der Waals surface area contributed by atoms with Crippen molar-refractivity contribution in [2.24, 2.45) is 5.73 Å². The molecule has 1 unspecified atom stereocenters. The van der Waals surface area contributed by atoms with Crippen molar-refractivity contribution in [1.29, 1.82) is 0 Å². The highest BCUT2D eigenvalue weighted by Crippen LogP contribution is 2.11. The Morgan fingerprint density at radius 1 is 1.62 bits per heavy atom. The third-order valence-corrected chi connectivity index (χ3v) is 1.63. The predicted molar refractivity (Wildman–Crippen MR) is 52.8 cm³/mol. The Balaban J connectivity index is 2.67. The SMILES string of the molecule is CCOc1ccnc(CC(C)N)c1. The normalized spacial score (nSPS) is 12.5. The summed E-state index contributed by atoms with van der Waals surface area (Å²) in [6.45, 7) is 4.61. The lowest BCUT2D eigenvalue weighted by molar-refractivity contribution is 0.339. The Kier molecular flexibility index (Phi) is 3.71. The summed E-state index contributed by atoms with van der Waals surface area (Å²) in [4.78, 5) is 4.20. The molecule has 72 valence electrons. The maximum Gasteiger partial charge on any atom is 0.122 e. The molecule has 0 saturated carbocycles. The van der Waals surface area contributed by atoms with Crippen molar-refractivity contribution in [1.82, 2.24) is 4.98 Å². The minimum Gasteiger partial charge on any atom is -0.494 e. The molecule has 3 heteroatoms. The highest BCUT2D eigenvalue weighted by molar-refractivity contribution is 5.22. The van der Waals surface area contributed by atoms with E-state index in [-0.39, 0.29) is 6.04 Å². The summed E-state index contributed by atoms with van der Waals surface area (Å²) >= 11 is 0. The van der Waals surface area contributed by atoms with Crippen molar-refractivity contribution in [3.05, 3.63) is 24.0 Å². The molecule has 0 aliphatic heterocycles. The van der Waals surface area contributed by atoms with Crippen molar-refractivity contribution >= 4 is 0 Å². The molecule has 1 atom stereocenters. The number of hydrogen-bond donors (Lipinski definition) is 1. The Hall–Kier alpha value is -1.09. The molecule has 1 aromatic heterocycles. The molecular weight excluding hydrogens is 164 g/mol. The molecular formula is C10H16N2O. The number of hydrogen-bond acceptors (Lipinski definition) is 3. The smallest absolute Gasteiger partial charge is 0.122 e. The molecule has 0 radical (unpaired) electrons. The lowest BCUT2D eigenvalue weighted by atomic mass is 10.2. The van der Waals surface area contributed by atoms with Gasteiger partial charge in [-0.25, -0.2) is 0 Å². The van der Waals surface area contributed by atoms with E-state index in [4.69, 9.17) is 10.5 Å². The fourth-order valence-electron chi connectivity index (χ4n) is 1.15. The molecule has 1 heterocycles. The van der Waals surface area contributed by atoms with E-state index in [1.165, 1.54) is 0 Å². The minimum atomic E-state index is 0.143. The Labute approximate surface area is 78.9 Å². The summed E-state index contributed by atoms with van der Waals surface area (Å²) in [6, 6.07) is 3.94. The van der Waals surface area contributed by atoms with Crippen molar-refractivity contribution in [2.75, 3.05) is 6.61 Å². The van der Waals surface area contributed by atoms with Gasteiger partial charge in [-0.15, -0.1) is 0 Å². The first-order valence-electron chi connectivity index (χ1n) is 4.55. The summed E-state index contributed by atoms with van der Waals surface area (Å²) < 4.78 is 5.35. The van der Waals surface area contributed by atoms with Gasteiger partial charge in [-0.3, -0.25) is 4.98 Å². The molecule has 1 rings (SSSR count). The first-order chi connectivity index (χ1) is 6.22. The van der Waals surface area contributed by atoms with Gasteiger partial charge in [0, 0.05) is 30.4 Å². The number of aromatic nitrogens is 1. The molecule has 2 N–H and O–H groups in total. The van der Waals surface area contributed by atoms with Crippen molar-refractivity contribution in [3.8, 4) is 5.75 Å². The topological polar surface area (TPSA) is 48.1 Å². The molecule has 0 aliphatic rings. The van der Waals surface area contributed by atoms with Crippen LogP contribution in [0.1, 0.15) is 19.5 Å². The second-order valence-corrected chi connectivity index (χ2v) is 3.10. The van der Waals surface area contributed by atoms with Crippen molar-refractivity contribution in [2.45, 2.75) is 26.3 Å². The third kappa shape index (κ3) is 3.42. The van der Waals surface area contributed by atoms with E-state index in [0.717, 1.165) is 17.9 Å². The Morgan fingerprint density at radius 3 is 3.00 bits per heavy atom. The zero-order valence-corrected chi connectivity index (χ0v) is 8.16. The average Bonchev–Trinajstić information content (AvgIpc) is 2.04. The minimum absolute atomic E-state index is 0.143. The van der Waals surface area contributed by atoms with Gasteiger partial charge >= 0.3 is 0 Å². The van der Waals surface area contributed by atoms with Crippen LogP contribution in [0.3, 0.4) is 0 Å². The molecule has 1 aromatic rings. The fourth-order valence-corrected chi connectivity index (χ4v) is 1.15. The van der Waals surface area contributed by atoms with Crippen LogP contribution in [-0.2, 0) is 6.42 Å². The van der Waals surface area contributed by atoms with Gasteiger partial charge in [0.1, 0.15) is 5.75 Å². The van der Waals surface area contributed by atoms with Crippen LogP contribution < -0.4 is 10.5 Å². The standard InChI is InChI=1S/C10H16N2O/c1-3-13-10-4-5-12-9(7-10)6-8(2)11/h4-5,7-8H,3,6,11H2,1-2H3. The molecule has 0 amide bonds. The fraction of sp³-hybridized carbons (Fsp3) is 0.500. The number of pyridine rings is 1. The predicted octanol–water partition coefficient (Wildman–Crippen LogP) is 1.37. The largest absolute Gasteiger partial charge is 0.494 e. The molecule has 0 aliphatic carbocycles. The highest BCUT2D eigenvalue weighted by Gasteiger charge is 2.00. The number of nitrogens with two attached hydrogens (primary N) is 1. The molecule has 3 nitrogen and oxygen atoms in total. The first kappa shape index (κ1) is 9.99. The van der Waals surface area contributed by atoms with E-state index >= 15 is 0 Å². The second-order valence-electron chi connectivity index (χ2n) is 3.10. The van der Waals surface area contributed by atoms with Crippen molar-refractivity contribution in [3.63, 3.8) is 0 Å². The summed E-state index contributed by atoms with van der Waals surface area (Å²) in [6.07, 6.45) is 2.55. The molecule has 0 spiro atoms. The van der Waals surface area contributed by atoms with Gasteiger partial charge < -0.3 is 10.5 Å². The van der Waals surface area contributed by atoms with Gasteiger partial charge in [0.25, 0.3) is 0 Å². The van der Waals surface area contributed by atoms with E-state index < -0.39 is 0 Å². The van der Waals surface area contributed by atoms with Gasteiger partial charge in [0.05, 0.1) is 6.61 Å². The van der Waals surface area contributed by atoms with E-state index in [2.05, 4.69) is 4.98 Å². The van der Waals surface area contributed by atoms with Crippen LogP contribution in [0, 0.1) is 0 Å². The quantitative estimate of drug-likeness (QED) is 0.761. The van der Waals surface area contributed by atoms with Crippen LogP contribution in [0.15, 0.2) is 18.3 Å². The number of rotatable bonds is 4. The second kappa shape index (κ2) is 4.82. The van der Waals surface area contributed by atoms with Gasteiger partial charge in [-0.2, -0.15) is 0 Å². The first-order valence-corrected chi connectivity index (χ1v) is 4.55. The molecule has 13 heavy (non-hydrogen) atoms. The maximum absolute atomic E-state index is 5.67. The lowest BCUT2D eigenvalue weighted by Crippen LogP contribution is -2.18. The average molecular weight is 180 g/mol. The van der Waals surface area contributed by atoms with E-state index in [0.29, 0.717) is 6.61 Å². The highest BCUT2D eigenvalue weighted by atomic mass is 16.5. The van der Waals surface area contributed by atoms with Crippen LogP contribution in [0.4, 0.5) is 0 Å². The summed E-state index contributed by atoms with van der Waals surface area (Å²) in [5.41, 5.74) is 6.65. The monoisotopic (exact) mass is 180 g/mol. The van der Waals surface area contributed by atoms with Crippen LogP contribution in [0.25, 0.3) is 0 Å². The van der Waals surface area contributed by atoms with Crippen LogP contribution >= 0.6 is 0 Å². The summed E-state index contributed by atoms with van der Waals surface area (Å²) in [7, 11) is 0. The number of nitrogens with zero attached hydrogens (tertiary/aromatic N) is 1. The van der Waals surface area contributed by atoms with Gasteiger partial charge in [-0.1, -0.05) is 0 Å². The van der Waals surface area contributed by atoms with Gasteiger partial charge in [0.15, 0.2) is 0 Å². The zero-order chi connectivity index (χ0) is 9.68. The van der Waals surface area contributed by atoms with Crippen LogP contribution in [-0.4, -0.2) is 17.6 Å². The lowest BCUT2D eigenvalue weighted by Gasteiger charge is -2.06. The van der Waals surface area contributed by atoms with Crippen molar-refractivity contribution < 1.29 is 4.74 Å². The van der Waals surface area contributed by atoms with E-state index in [1.54, 1.807) is 6.20 Å². The van der Waals surface area contributed by atoms with Crippen LogP contribution in [0.5, 0.6) is 5.75 Å². The zero-order valence-electron chi connectivity index (χ0n) is 8.16. The molecule has 0 aromatic carbocycles. The molecule has 0 saturated heterocycles. The van der Waals surface area contributed by atoms with Crippen LogP contribution in [0.2, 0.25) is 0 Å². The maximum atomic E-state index is 5.67.